The molecule has 0 saturated heterocycles. The molecular formula is C30H41N4O3+. The van der Waals surface area contributed by atoms with Crippen LogP contribution in [0.1, 0.15) is 93.0 Å². The van der Waals surface area contributed by atoms with Crippen molar-refractivity contribution in [2.45, 2.75) is 88.6 Å². The number of anilines is 1. The van der Waals surface area contributed by atoms with E-state index < -0.39 is 12.0 Å². The number of aryl methyl sites for hydroxylation is 1. The van der Waals surface area contributed by atoms with E-state index in [1.54, 1.807) is 0 Å². The van der Waals surface area contributed by atoms with Crippen molar-refractivity contribution in [2.75, 3.05) is 25.6 Å². The highest BCUT2D eigenvalue weighted by atomic mass is 16.5. The van der Waals surface area contributed by atoms with Gasteiger partial charge < -0.3 is 15.2 Å². The summed E-state index contributed by atoms with van der Waals surface area (Å²) in [5.41, 5.74) is 4.39. The van der Waals surface area contributed by atoms with Crippen molar-refractivity contribution in [2.24, 2.45) is 5.92 Å². The molecule has 198 valence electrons. The van der Waals surface area contributed by atoms with Crippen molar-refractivity contribution in [1.82, 2.24) is 9.97 Å². The summed E-state index contributed by atoms with van der Waals surface area (Å²) in [6.45, 7) is 1.55. The quantitative estimate of drug-likeness (QED) is 0.315. The Kier molecular flexibility index (Phi) is 8.49. The van der Waals surface area contributed by atoms with Crippen LogP contribution in [0.5, 0.6) is 0 Å². The maximum absolute atomic E-state index is 12.4. The lowest BCUT2D eigenvalue weighted by molar-refractivity contribution is -0.537. The van der Waals surface area contributed by atoms with E-state index in [9.17, 15) is 9.90 Å². The van der Waals surface area contributed by atoms with Gasteiger partial charge in [0.05, 0.1) is 17.9 Å². The van der Waals surface area contributed by atoms with Gasteiger partial charge in [-0.15, -0.1) is 0 Å². The predicted molar refractivity (Wildman–Crippen MR) is 144 cm³/mol. The number of aromatic nitrogens is 2. The Bertz CT molecular complexity index is 1100. The molecule has 0 amide bonds. The molecule has 7 heteroatoms. The number of carboxylic acid groups (broad SMARTS) is 1. The van der Waals surface area contributed by atoms with Crippen LogP contribution >= 0.6 is 0 Å². The van der Waals surface area contributed by atoms with Gasteiger partial charge in [0.1, 0.15) is 12.9 Å². The molecule has 2 fully saturated rings. The van der Waals surface area contributed by atoms with Crippen molar-refractivity contribution < 1.29 is 19.2 Å². The van der Waals surface area contributed by atoms with E-state index in [-0.39, 0.29) is 0 Å². The zero-order valence-corrected chi connectivity index (χ0v) is 22.1. The molecule has 0 bridgehead atoms. The number of carboxylic acids is 1. The average Bonchev–Trinajstić information content (AvgIpc) is 3.42. The number of nitrogens with zero attached hydrogens (tertiary/aromatic N) is 3. The number of fused-ring (bicyclic) bond motifs is 1. The Hall–Kier alpha value is -2.80. The van der Waals surface area contributed by atoms with E-state index in [1.807, 2.05) is 42.2 Å². The molecule has 2 aromatic rings. The molecule has 5 rings (SSSR count). The minimum absolute atomic E-state index is 0.389. The van der Waals surface area contributed by atoms with Crippen LogP contribution in [0.2, 0.25) is 0 Å². The first-order valence-electron chi connectivity index (χ1n) is 14.1. The van der Waals surface area contributed by atoms with Crippen LogP contribution in [-0.4, -0.2) is 57.6 Å². The fourth-order valence-electron chi connectivity index (χ4n) is 6.33. The second kappa shape index (κ2) is 12.2. The summed E-state index contributed by atoms with van der Waals surface area (Å²) in [6, 6.07) is 7.86. The first kappa shape index (κ1) is 25.8. The molecule has 3 heterocycles. The number of pyridine rings is 2. The van der Waals surface area contributed by atoms with Gasteiger partial charge in [-0.25, -0.2) is 14.4 Å². The Morgan fingerprint density at radius 2 is 1.92 bits per heavy atom. The number of likely N-dealkylation sites (N-methyl/N-ethyl adjacent to an activating group) is 1. The zero-order chi connectivity index (χ0) is 25.6. The fraction of sp³-hybridized carbons (Fsp3) is 0.600. The lowest BCUT2D eigenvalue weighted by Crippen LogP contribution is -2.38. The number of carbonyl (C=O) groups is 1. The van der Waals surface area contributed by atoms with Crippen LogP contribution in [0, 0.1) is 5.92 Å². The minimum atomic E-state index is -0.798. The molecule has 0 radical (unpaired) electrons. The summed E-state index contributed by atoms with van der Waals surface area (Å²) < 4.78 is 7.98. The van der Waals surface area contributed by atoms with E-state index in [0.717, 1.165) is 81.7 Å². The van der Waals surface area contributed by atoms with Gasteiger partial charge in [0, 0.05) is 49.7 Å². The predicted octanol–water partition coefficient (Wildman–Crippen LogP) is 5.37. The van der Waals surface area contributed by atoms with E-state index in [1.165, 1.54) is 30.5 Å². The zero-order valence-electron chi connectivity index (χ0n) is 22.1. The smallest absolute Gasteiger partial charge is 0.378 e. The molecule has 0 aromatic carbocycles. The number of ether oxygens (including phenoxy) is 1. The molecule has 7 nitrogen and oxygen atoms in total. The average molecular weight is 506 g/mol. The van der Waals surface area contributed by atoms with Crippen LogP contribution in [0.4, 0.5) is 5.82 Å². The summed E-state index contributed by atoms with van der Waals surface area (Å²) in [5.74, 6) is 1.13. The third-order valence-electron chi connectivity index (χ3n) is 8.52. The Morgan fingerprint density at radius 3 is 2.73 bits per heavy atom. The van der Waals surface area contributed by atoms with Crippen molar-refractivity contribution in [3.8, 4) is 0 Å². The van der Waals surface area contributed by atoms with Gasteiger partial charge in [-0.2, -0.15) is 0 Å². The van der Waals surface area contributed by atoms with Crippen molar-refractivity contribution in [1.29, 1.82) is 0 Å². The molecule has 2 atom stereocenters. The topological polar surface area (TPSA) is 87.4 Å². The van der Waals surface area contributed by atoms with Crippen molar-refractivity contribution in [3.63, 3.8) is 0 Å². The lowest BCUT2D eigenvalue weighted by Gasteiger charge is -2.28. The second-order valence-corrected chi connectivity index (χ2v) is 11.1. The monoisotopic (exact) mass is 505 g/mol. The van der Waals surface area contributed by atoms with E-state index >= 15 is 0 Å². The normalized spacial score (nSPS) is 22.1. The van der Waals surface area contributed by atoms with Gasteiger partial charge in [0.25, 0.3) is 6.04 Å². The largest absolute Gasteiger partial charge is 0.476 e. The molecular weight excluding hydrogens is 464 g/mol. The third kappa shape index (κ3) is 6.20. The van der Waals surface area contributed by atoms with Crippen molar-refractivity contribution in [3.05, 3.63) is 53.5 Å². The number of hydrogen-bond acceptors (Lipinski definition) is 5. The molecule has 37 heavy (non-hydrogen) atoms. The van der Waals surface area contributed by atoms with Gasteiger partial charge in [-0.05, 0) is 68.7 Å². The standard InChI is InChI=1S/C30H40N4O3/c1-34(28(30(35)36)26-12-7-15-31-27(26)22-8-2-3-9-22)25-18-21(19-25)20-37-17-5-4-11-24-14-13-23-10-6-16-32-29(23)33-24/h6-7,10,12,15-16,21-22,24,28H,2-5,8-9,11,13-14,17-20H2,1H3,(H-,32,33,35,36)/p+1/t21?,24-,28+/m0/s1. The molecule has 2 aromatic heterocycles. The highest BCUT2D eigenvalue weighted by Crippen LogP contribution is 2.37. The second-order valence-electron chi connectivity index (χ2n) is 11.1. The third-order valence-corrected chi connectivity index (χ3v) is 8.52. The summed E-state index contributed by atoms with van der Waals surface area (Å²) in [6.07, 6.45) is 15.8. The Balaban J connectivity index is 1.05. The number of nitrogens with one attached hydrogen (secondary N) is 1. The highest BCUT2D eigenvalue weighted by molar-refractivity contribution is 5.87. The van der Waals surface area contributed by atoms with Gasteiger partial charge in [-0.3, -0.25) is 4.98 Å². The number of aliphatic carboxylic acids is 1. The van der Waals surface area contributed by atoms with Crippen LogP contribution in [-0.2, 0) is 16.0 Å². The first-order chi connectivity index (χ1) is 18.1. The number of rotatable bonds is 11. The van der Waals surface area contributed by atoms with Crippen LogP contribution in [0.3, 0.4) is 0 Å². The summed E-state index contributed by atoms with van der Waals surface area (Å²) in [4.78, 5) is 21.5. The first-order valence-corrected chi connectivity index (χ1v) is 14.1. The molecule has 0 unspecified atom stereocenters. The van der Waals surface area contributed by atoms with Gasteiger partial charge in [0.2, 0.25) is 0 Å². The summed E-state index contributed by atoms with van der Waals surface area (Å²) in [5, 5.41) is 13.7. The van der Waals surface area contributed by atoms with E-state index in [0.29, 0.717) is 17.9 Å². The van der Waals surface area contributed by atoms with Crippen LogP contribution in [0.25, 0.3) is 0 Å². The SMILES string of the molecule is C[N+](=C1CC(COCCCC[C@H]2CCc3cccnc3N2)C1)[C@@H](C(=O)O)c1cccnc1C1CCCC1. The van der Waals surface area contributed by atoms with Gasteiger partial charge in [0.15, 0.2) is 5.71 Å². The fourth-order valence-corrected chi connectivity index (χ4v) is 6.33. The number of hydrogen-bond donors (Lipinski definition) is 2. The van der Waals surface area contributed by atoms with Gasteiger partial charge in [-0.1, -0.05) is 18.9 Å². The highest BCUT2D eigenvalue weighted by Gasteiger charge is 2.39. The molecule has 2 N–H and O–H groups in total. The summed E-state index contributed by atoms with van der Waals surface area (Å²) in [7, 11) is 1.93. The van der Waals surface area contributed by atoms with E-state index in [4.69, 9.17) is 4.74 Å². The van der Waals surface area contributed by atoms with Crippen LogP contribution in [0.15, 0.2) is 36.7 Å². The Morgan fingerprint density at radius 1 is 1.14 bits per heavy atom. The molecule has 2 aliphatic carbocycles. The Labute approximate surface area is 220 Å². The minimum Gasteiger partial charge on any atom is -0.476 e. The molecule has 1 aliphatic heterocycles. The maximum atomic E-state index is 12.4. The van der Waals surface area contributed by atoms with Gasteiger partial charge >= 0.3 is 5.97 Å². The lowest BCUT2D eigenvalue weighted by atomic mass is 9.82. The molecule has 3 aliphatic rings. The van der Waals surface area contributed by atoms with Crippen LogP contribution < -0.4 is 5.32 Å². The maximum Gasteiger partial charge on any atom is 0.378 e. The van der Waals surface area contributed by atoms with E-state index in [2.05, 4.69) is 21.4 Å². The van der Waals surface area contributed by atoms with Crippen molar-refractivity contribution >= 4 is 17.5 Å². The molecule has 0 spiro atoms. The summed E-state index contributed by atoms with van der Waals surface area (Å²) >= 11 is 0. The number of unbranched alkanes of at least 4 members (excludes halogenated alkanes) is 1. The molecule has 2 saturated carbocycles.